The minimum atomic E-state index is 0.590. The summed E-state index contributed by atoms with van der Waals surface area (Å²) in [6.45, 7) is 2.17. The predicted octanol–water partition coefficient (Wildman–Crippen LogP) is 4.56. The zero-order chi connectivity index (χ0) is 17.3. The van der Waals surface area contributed by atoms with Crippen LogP contribution >= 0.6 is 0 Å². The van der Waals surface area contributed by atoms with E-state index in [9.17, 15) is 0 Å². The quantitative estimate of drug-likeness (QED) is 0.655. The lowest BCUT2D eigenvalue weighted by Crippen LogP contribution is -2.13. The second kappa shape index (κ2) is 8.90. The van der Waals surface area contributed by atoms with E-state index < -0.39 is 0 Å². The molecule has 0 aliphatic carbocycles. The molecule has 3 nitrogen and oxygen atoms in total. The van der Waals surface area contributed by atoms with Gasteiger partial charge in [0.25, 0.3) is 0 Å². The van der Waals surface area contributed by atoms with Crippen LogP contribution in [0.2, 0.25) is 0 Å². The van der Waals surface area contributed by atoms with Crippen molar-refractivity contribution < 1.29 is 9.47 Å². The molecule has 0 saturated heterocycles. The Balaban J connectivity index is 1.47. The van der Waals surface area contributed by atoms with E-state index in [1.807, 2.05) is 48.5 Å². The Morgan fingerprint density at radius 2 is 1.44 bits per heavy atom. The van der Waals surface area contributed by atoms with Crippen LogP contribution in [0.4, 0.5) is 0 Å². The van der Waals surface area contributed by atoms with E-state index in [4.69, 9.17) is 9.47 Å². The maximum atomic E-state index is 5.81. The third-order valence-electron chi connectivity index (χ3n) is 4.01. The largest absolute Gasteiger partial charge is 0.496 e. The number of hydrogen-bond donors (Lipinski definition) is 1. The maximum Gasteiger partial charge on any atom is 0.123 e. The molecule has 0 amide bonds. The summed E-state index contributed by atoms with van der Waals surface area (Å²) in [5, 5.41) is 3.45. The Hall–Kier alpha value is -2.78. The fourth-order valence-corrected chi connectivity index (χ4v) is 2.63. The van der Waals surface area contributed by atoms with Gasteiger partial charge >= 0.3 is 0 Å². The Kier molecular flexibility index (Phi) is 6.07. The number of benzene rings is 3. The third kappa shape index (κ3) is 5.10. The Labute approximate surface area is 149 Å². The number of para-hydroxylation sites is 1. The molecule has 128 valence electrons. The second-order valence-corrected chi connectivity index (χ2v) is 5.83. The number of rotatable bonds is 8. The fourth-order valence-electron chi connectivity index (χ4n) is 2.63. The Morgan fingerprint density at radius 1 is 0.720 bits per heavy atom. The standard InChI is InChI=1S/C22H23NO2/c1-24-22-10-6-5-9-20(22)16-23-15-18-11-13-21(14-12-18)25-17-19-7-3-2-4-8-19/h2-14,23H,15-17H2,1H3. The van der Waals surface area contributed by atoms with Gasteiger partial charge in [-0.25, -0.2) is 0 Å². The van der Waals surface area contributed by atoms with Crippen LogP contribution in [-0.2, 0) is 19.7 Å². The van der Waals surface area contributed by atoms with Crippen LogP contribution in [-0.4, -0.2) is 7.11 Å². The summed E-state index contributed by atoms with van der Waals surface area (Å²) >= 11 is 0. The van der Waals surface area contributed by atoms with Gasteiger partial charge < -0.3 is 14.8 Å². The zero-order valence-electron chi connectivity index (χ0n) is 14.4. The van der Waals surface area contributed by atoms with Gasteiger partial charge in [0.15, 0.2) is 0 Å². The van der Waals surface area contributed by atoms with Crippen LogP contribution in [0.5, 0.6) is 11.5 Å². The minimum Gasteiger partial charge on any atom is -0.496 e. The molecule has 0 saturated carbocycles. The molecule has 0 atom stereocenters. The molecule has 25 heavy (non-hydrogen) atoms. The van der Waals surface area contributed by atoms with Crippen LogP contribution in [0.15, 0.2) is 78.9 Å². The van der Waals surface area contributed by atoms with E-state index >= 15 is 0 Å². The van der Waals surface area contributed by atoms with Crippen molar-refractivity contribution in [3.05, 3.63) is 95.6 Å². The van der Waals surface area contributed by atoms with Crippen LogP contribution in [0, 0.1) is 0 Å². The summed E-state index contributed by atoms with van der Waals surface area (Å²) in [6.07, 6.45) is 0. The van der Waals surface area contributed by atoms with Crippen molar-refractivity contribution in [1.29, 1.82) is 0 Å². The number of ether oxygens (including phenoxy) is 2. The average Bonchev–Trinajstić information content (AvgIpc) is 2.68. The molecular formula is C22H23NO2. The molecule has 3 heteroatoms. The van der Waals surface area contributed by atoms with Crippen molar-refractivity contribution in [2.24, 2.45) is 0 Å². The van der Waals surface area contributed by atoms with Gasteiger partial charge in [0.2, 0.25) is 0 Å². The topological polar surface area (TPSA) is 30.5 Å². The molecule has 3 aromatic rings. The fraction of sp³-hybridized carbons (Fsp3) is 0.182. The lowest BCUT2D eigenvalue weighted by molar-refractivity contribution is 0.306. The molecule has 3 aromatic carbocycles. The van der Waals surface area contributed by atoms with Crippen LogP contribution in [0.1, 0.15) is 16.7 Å². The summed E-state index contributed by atoms with van der Waals surface area (Å²) in [5.41, 5.74) is 3.56. The highest BCUT2D eigenvalue weighted by Gasteiger charge is 2.01. The zero-order valence-corrected chi connectivity index (χ0v) is 14.4. The van der Waals surface area contributed by atoms with Gasteiger partial charge in [0.1, 0.15) is 18.1 Å². The predicted molar refractivity (Wildman–Crippen MR) is 101 cm³/mol. The molecule has 0 aliphatic heterocycles. The smallest absolute Gasteiger partial charge is 0.123 e. The Morgan fingerprint density at radius 3 is 2.20 bits per heavy atom. The first-order valence-electron chi connectivity index (χ1n) is 8.43. The van der Waals surface area contributed by atoms with Crippen molar-refractivity contribution in [3.8, 4) is 11.5 Å². The van der Waals surface area contributed by atoms with Crippen molar-refractivity contribution in [2.75, 3.05) is 7.11 Å². The summed E-state index contributed by atoms with van der Waals surface area (Å²) < 4.78 is 11.2. The Bertz CT molecular complexity index is 770. The minimum absolute atomic E-state index is 0.590. The number of hydrogen-bond acceptors (Lipinski definition) is 3. The van der Waals surface area contributed by atoms with E-state index in [0.29, 0.717) is 6.61 Å². The van der Waals surface area contributed by atoms with Gasteiger partial charge in [-0.1, -0.05) is 60.7 Å². The normalized spacial score (nSPS) is 10.4. The first-order chi connectivity index (χ1) is 12.3. The highest BCUT2D eigenvalue weighted by atomic mass is 16.5. The van der Waals surface area contributed by atoms with Crippen molar-refractivity contribution >= 4 is 0 Å². The average molecular weight is 333 g/mol. The van der Waals surface area contributed by atoms with Crippen molar-refractivity contribution in [3.63, 3.8) is 0 Å². The van der Waals surface area contributed by atoms with Gasteiger partial charge in [0, 0.05) is 18.7 Å². The van der Waals surface area contributed by atoms with Crippen LogP contribution in [0.25, 0.3) is 0 Å². The maximum absolute atomic E-state index is 5.81. The molecule has 0 radical (unpaired) electrons. The summed E-state index contributed by atoms with van der Waals surface area (Å²) in [5.74, 6) is 1.80. The number of nitrogens with one attached hydrogen (secondary N) is 1. The summed E-state index contributed by atoms with van der Waals surface area (Å²) in [4.78, 5) is 0. The van der Waals surface area contributed by atoms with E-state index in [-0.39, 0.29) is 0 Å². The highest BCUT2D eigenvalue weighted by molar-refractivity contribution is 5.33. The van der Waals surface area contributed by atoms with E-state index in [2.05, 4.69) is 35.6 Å². The lowest BCUT2D eigenvalue weighted by Gasteiger charge is -2.10. The molecular weight excluding hydrogens is 310 g/mol. The molecule has 0 bridgehead atoms. The van der Waals surface area contributed by atoms with Crippen molar-refractivity contribution in [2.45, 2.75) is 19.7 Å². The summed E-state index contributed by atoms with van der Waals surface area (Å²) in [7, 11) is 1.70. The summed E-state index contributed by atoms with van der Waals surface area (Å²) in [6, 6.07) is 26.5. The third-order valence-corrected chi connectivity index (χ3v) is 4.01. The van der Waals surface area contributed by atoms with Gasteiger partial charge in [-0.15, -0.1) is 0 Å². The number of methoxy groups -OCH3 is 1. The van der Waals surface area contributed by atoms with E-state index in [0.717, 1.165) is 30.2 Å². The van der Waals surface area contributed by atoms with Crippen LogP contribution < -0.4 is 14.8 Å². The van der Waals surface area contributed by atoms with Gasteiger partial charge in [-0.05, 0) is 29.3 Å². The van der Waals surface area contributed by atoms with E-state index in [1.165, 1.54) is 11.1 Å². The molecule has 1 N–H and O–H groups in total. The molecule has 3 rings (SSSR count). The monoisotopic (exact) mass is 333 g/mol. The van der Waals surface area contributed by atoms with Crippen molar-refractivity contribution in [1.82, 2.24) is 5.32 Å². The molecule has 0 aliphatic rings. The van der Waals surface area contributed by atoms with Gasteiger partial charge in [0.05, 0.1) is 7.11 Å². The molecule has 0 fully saturated rings. The first-order valence-corrected chi connectivity index (χ1v) is 8.43. The molecule has 0 aromatic heterocycles. The van der Waals surface area contributed by atoms with Gasteiger partial charge in [-0.3, -0.25) is 0 Å². The van der Waals surface area contributed by atoms with Crippen LogP contribution in [0.3, 0.4) is 0 Å². The molecule has 0 heterocycles. The molecule has 0 unspecified atom stereocenters. The first kappa shape index (κ1) is 17.1. The van der Waals surface area contributed by atoms with E-state index in [1.54, 1.807) is 7.11 Å². The van der Waals surface area contributed by atoms with Gasteiger partial charge in [-0.2, -0.15) is 0 Å². The lowest BCUT2D eigenvalue weighted by atomic mass is 10.2. The SMILES string of the molecule is COc1ccccc1CNCc1ccc(OCc2ccccc2)cc1. The molecule has 0 spiro atoms. The second-order valence-electron chi connectivity index (χ2n) is 5.83. The highest BCUT2D eigenvalue weighted by Crippen LogP contribution is 2.17.